The van der Waals surface area contributed by atoms with Gasteiger partial charge in [0.15, 0.2) is 0 Å². The van der Waals surface area contributed by atoms with Crippen molar-refractivity contribution in [1.29, 1.82) is 0 Å². The van der Waals surface area contributed by atoms with Gasteiger partial charge in [0.05, 0.1) is 17.1 Å². The highest BCUT2D eigenvalue weighted by Gasteiger charge is 2.14. The Morgan fingerprint density at radius 2 is 1.67 bits per heavy atom. The lowest BCUT2D eigenvalue weighted by Gasteiger charge is -2.19. The first-order valence-electron chi connectivity index (χ1n) is 10.6. The summed E-state index contributed by atoms with van der Waals surface area (Å²) in [5, 5.41) is 1.56. The smallest absolute Gasteiger partial charge is 0.0702 e. The predicted molar refractivity (Wildman–Crippen MR) is 130 cm³/mol. The minimum atomic E-state index is 0.396. The Kier molecular flexibility index (Phi) is 9.10. The third-order valence-electron chi connectivity index (χ3n) is 4.80. The topological polar surface area (TPSA) is 68.2 Å². The van der Waals surface area contributed by atoms with Crippen molar-refractivity contribution in [3.63, 3.8) is 0 Å². The van der Waals surface area contributed by atoms with E-state index in [4.69, 9.17) is 11.6 Å². The van der Waals surface area contributed by atoms with E-state index in [9.17, 15) is 0 Å². The Labute approximate surface area is 181 Å². The van der Waals surface area contributed by atoms with Crippen molar-refractivity contribution in [3.05, 3.63) is 90.3 Å². The molecule has 0 aliphatic carbocycles. The van der Waals surface area contributed by atoms with Gasteiger partial charge in [-0.1, -0.05) is 70.5 Å². The maximum Gasteiger partial charge on any atom is 0.0702 e. The first-order chi connectivity index (χ1) is 14.5. The first-order valence-corrected chi connectivity index (χ1v) is 10.6. The van der Waals surface area contributed by atoms with E-state index >= 15 is 0 Å². The molecule has 3 rings (SSSR count). The summed E-state index contributed by atoms with van der Waals surface area (Å²) in [6.07, 6.45) is 5.86. The quantitative estimate of drug-likeness (QED) is 0.374. The van der Waals surface area contributed by atoms with Crippen LogP contribution in [0, 0.1) is 0 Å². The van der Waals surface area contributed by atoms with Gasteiger partial charge in [-0.05, 0) is 48.2 Å². The summed E-state index contributed by atoms with van der Waals surface area (Å²) in [6, 6.07) is 22.0. The van der Waals surface area contributed by atoms with E-state index in [-0.39, 0.29) is 0 Å². The number of hydrazine groups is 1. The fourth-order valence-corrected chi connectivity index (χ4v) is 3.04. The standard InChI is InChI=1S/C23H26N4.C3H8/c1-3-17(2)20-13-12-18(23-11-7-8-14-26-23)15-21(20)22(24)16-27(25)19-9-5-4-6-10-19;1-3-2/h4-17H,3,24-25H2,1-2H3;3H2,1-2H3/b22-16-;. The molecule has 0 radical (unpaired) electrons. The van der Waals surface area contributed by atoms with Crippen LogP contribution >= 0.6 is 0 Å². The maximum absolute atomic E-state index is 6.49. The molecule has 4 N–H and O–H groups in total. The fourth-order valence-electron chi connectivity index (χ4n) is 3.04. The van der Waals surface area contributed by atoms with Gasteiger partial charge in [0.2, 0.25) is 0 Å². The number of pyridine rings is 1. The monoisotopic (exact) mass is 402 g/mol. The van der Waals surface area contributed by atoms with Crippen LogP contribution in [-0.4, -0.2) is 4.98 Å². The largest absolute Gasteiger partial charge is 0.397 e. The van der Waals surface area contributed by atoms with Gasteiger partial charge >= 0.3 is 0 Å². The molecule has 0 aliphatic heterocycles. The molecular weight excluding hydrogens is 368 g/mol. The SMILES string of the molecule is CCC.CCC(C)c1ccc(-c2ccccn2)cc1/C(N)=C/N(N)c1ccccc1. The Morgan fingerprint density at radius 1 is 1.00 bits per heavy atom. The van der Waals surface area contributed by atoms with Gasteiger partial charge in [0, 0.05) is 23.5 Å². The molecule has 3 aromatic rings. The van der Waals surface area contributed by atoms with Crippen LogP contribution in [0.25, 0.3) is 17.0 Å². The van der Waals surface area contributed by atoms with Crippen molar-refractivity contribution in [1.82, 2.24) is 4.98 Å². The zero-order valence-corrected chi connectivity index (χ0v) is 18.5. The number of hydrogen-bond donors (Lipinski definition) is 2. The average Bonchev–Trinajstić information content (AvgIpc) is 2.79. The number of anilines is 1. The third-order valence-corrected chi connectivity index (χ3v) is 4.80. The summed E-state index contributed by atoms with van der Waals surface area (Å²) in [4.78, 5) is 4.46. The number of hydrogen-bond acceptors (Lipinski definition) is 4. The summed E-state index contributed by atoms with van der Waals surface area (Å²) in [5.41, 5.74) is 12.2. The first kappa shape index (κ1) is 23.2. The summed E-state index contributed by atoms with van der Waals surface area (Å²) < 4.78 is 0. The van der Waals surface area contributed by atoms with Gasteiger partial charge in [-0.15, -0.1) is 0 Å². The molecule has 0 spiro atoms. The summed E-state index contributed by atoms with van der Waals surface area (Å²) in [6.45, 7) is 8.64. The molecular formula is C26H34N4. The molecule has 2 aromatic carbocycles. The van der Waals surface area contributed by atoms with Crippen LogP contribution < -0.4 is 16.6 Å². The van der Waals surface area contributed by atoms with E-state index in [2.05, 4.69) is 50.9 Å². The van der Waals surface area contributed by atoms with Crippen molar-refractivity contribution in [2.45, 2.75) is 46.5 Å². The lowest BCUT2D eigenvalue weighted by molar-refractivity contribution is 0.731. The molecule has 4 nitrogen and oxygen atoms in total. The van der Waals surface area contributed by atoms with Crippen LogP contribution in [0.1, 0.15) is 57.6 Å². The van der Waals surface area contributed by atoms with Crippen LogP contribution in [0.4, 0.5) is 5.69 Å². The zero-order chi connectivity index (χ0) is 21.9. The van der Waals surface area contributed by atoms with E-state index in [1.165, 1.54) is 12.0 Å². The number of para-hydroxylation sites is 1. The van der Waals surface area contributed by atoms with Gasteiger partial charge < -0.3 is 5.73 Å². The second-order valence-corrected chi connectivity index (χ2v) is 7.36. The number of rotatable bonds is 6. The molecule has 1 aromatic heterocycles. The summed E-state index contributed by atoms with van der Waals surface area (Å²) in [5.74, 6) is 6.60. The second-order valence-electron chi connectivity index (χ2n) is 7.36. The summed E-state index contributed by atoms with van der Waals surface area (Å²) >= 11 is 0. The Balaban J connectivity index is 0.00000101. The predicted octanol–water partition coefficient (Wildman–Crippen LogP) is 6.32. The Morgan fingerprint density at radius 3 is 2.27 bits per heavy atom. The molecule has 1 heterocycles. The lowest BCUT2D eigenvalue weighted by Crippen LogP contribution is -2.25. The average molecular weight is 403 g/mol. The Bertz CT molecular complexity index is 920. The van der Waals surface area contributed by atoms with E-state index < -0.39 is 0 Å². The van der Waals surface area contributed by atoms with E-state index in [0.717, 1.165) is 28.9 Å². The minimum Gasteiger partial charge on any atom is -0.397 e. The van der Waals surface area contributed by atoms with Crippen LogP contribution in [-0.2, 0) is 0 Å². The molecule has 1 unspecified atom stereocenters. The van der Waals surface area contributed by atoms with Crippen molar-refractivity contribution in [3.8, 4) is 11.3 Å². The third kappa shape index (κ3) is 6.19. The maximum atomic E-state index is 6.49. The number of nitrogens with zero attached hydrogens (tertiary/aromatic N) is 2. The number of benzene rings is 2. The highest BCUT2D eigenvalue weighted by molar-refractivity contribution is 5.74. The molecule has 0 aliphatic rings. The van der Waals surface area contributed by atoms with E-state index in [1.54, 1.807) is 17.4 Å². The summed E-state index contributed by atoms with van der Waals surface area (Å²) in [7, 11) is 0. The van der Waals surface area contributed by atoms with Gasteiger partial charge in [0.1, 0.15) is 0 Å². The van der Waals surface area contributed by atoms with Crippen molar-refractivity contribution in [2.75, 3.05) is 5.01 Å². The zero-order valence-electron chi connectivity index (χ0n) is 18.5. The molecule has 0 amide bonds. The van der Waals surface area contributed by atoms with Crippen LogP contribution in [0.3, 0.4) is 0 Å². The van der Waals surface area contributed by atoms with E-state index in [1.807, 2.05) is 48.5 Å². The van der Waals surface area contributed by atoms with Crippen LogP contribution in [0.15, 0.2) is 79.1 Å². The lowest BCUT2D eigenvalue weighted by atomic mass is 9.90. The number of aromatic nitrogens is 1. The molecule has 158 valence electrons. The molecule has 1 atom stereocenters. The highest BCUT2D eigenvalue weighted by Crippen LogP contribution is 2.30. The van der Waals surface area contributed by atoms with Crippen molar-refractivity contribution in [2.24, 2.45) is 11.6 Å². The normalized spacial score (nSPS) is 12.0. The van der Waals surface area contributed by atoms with Crippen molar-refractivity contribution >= 4 is 11.4 Å². The van der Waals surface area contributed by atoms with Gasteiger partial charge in [0.25, 0.3) is 0 Å². The van der Waals surface area contributed by atoms with Crippen LogP contribution in [0.5, 0.6) is 0 Å². The molecule has 0 saturated carbocycles. The molecule has 0 bridgehead atoms. The molecule has 0 fully saturated rings. The highest BCUT2D eigenvalue weighted by atomic mass is 15.4. The van der Waals surface area contributed by atoms with Gasteiger partial charge in [-0.2, -0.15) is 0 Å². The molecule has 4 heteroatoms. The van der Waals surface area contributed by atoms with E-state index in [0.29, 0.717) is 11.6 Å². The minimum absolute atomic E-state index is 0.396. The van der Waals surface area contributed by atoms with Gasteiger partial charge in [-0.25, -0.2) is 5.84 Å². The fraction of sp³-hybridized carbons (Fsp3) is 0.269. The number of nitrogens with two attached hydrogens (primary N) is 2. The molecule has 30 heavy (non-hydrogen) atoms. The molecule has 0 saturated heterocycles. The van der Waals surface area contributed by atoms with Gasteiger partial charge in [-0.3, -0.25) is 9.99 Å². The Hall–Kier alpha value is -3.11. The van der Waals surface area contributed by atoms with Crippen LogP contribution in [0.2, 0.25) is 0 Å². The van der Waals surface area contributed by atoms with Crippen molar-refractivity contribution < 1.29 is 0 Å². The second kappa shape index (κ2) is 11.8.